The highest BCUT2D eigenvalue weighted by Crippen LogP contribution is 2.23. The molecule has 0 aromatic heterocycles. The first-order chi connectivity index (χ1) is 10.4. The zero-order valence-electron chi connectivity index (χ0n) is 13.9. The van der Waals surface area contributed by atoms with Crippen LogP contribution in [0.5, 0.6) is 0 Å². The number of hydrogen-bond acceptors (Lipinski definition) is 2. The molecular weight excluding hydrogens is 308 g/mol. The van der Waals surface area contributed by atoms with Gasteiger partial charge in [-0.15, -0.1) is 12.4 Å². The van der Waals surface area contributed by atoms with E-state index >= 15 is 0 Å². The number of rotatable bonds is 4. The first-order valence-electron chi connectivity index (χ1n) is 7.60. The van der Waals surface area contributed by atoms with Crippen LogP contribution < -0.4 is 11.1 Å². The predicted octanol–water partition coefficient (Wildman–Crippen LogP) is 4.56. The second kappa shape index (κ2) is 8.02. The molecule has 0 aliphatic heterocycles. The van der Waals surface area contributed by atoms with Crippen molar-refractivity contribution in [2.75, 3.05) is 11.1 Å². The number of amides is 1. The average molecular weight is 333 g/mol. The van der Waals surface area contributed by atoms with Crippen molar-refractivity contribution in [1.82, 2.24) is 0 Å². The first-order valence-corrected chi connectivity index (χ1v) is 7.60. The molecule has 0 saturated carbocycles. The van der Waals surface area contributed by atoms with Crippen LogP contribution in [0.3, 0.4) is 0 Å². The van der Waals surface area contributed by atoms with Crippen LogP contribution >= 0.6 is 12.4 Å². The average Bonchev–Trinajstić information content (AvgIpc) is 2.46. The van der Waals surface area contributed by atoms with Crippen LogP contribution in [0.2, 0.25) is 0 Å². The lowest BCUT2D eigenvalue weighted by molar-refractivity contribution is -0.116. The highest BCUT2D eigenvalue weighted by molar-refractivity contribution is 5.90. The minimum Gasteiger partial charge on any atom is -0.399 e. The smallest absolute Gasteiger partial charge is 0.224 e. The lowest BCUT2D eigenvalue weighted by Crippen LogP contribution is -2.14. The van der Waals surface area contributed by atoms with Gasteiger partial charge in [-0.05, 0) is 41.2 Å². The van der Waals surface area contributed by atoms with E-state index in [9.17, 15) is 4.79 Å². The Balaban J connectivity index is 0.00000264. The molecule has 0 unspecified atom stereocenters. The van der Waals surface area contributed by atoms with Crippen LogP contribution in [0, 0.1) is 0 Å². The van der Waals surface area contributed by atoms with Gasteiger partial charge in [0.25, 0.3) is 0 Å². The molecule has 23 heavy (non-hydrogen) atoms. The third-order valence-corrected chi connectivity index (χ3v) is 3.71. The monoisotopic (exact) mass is 332 g/mol. The lowest BCUT2D eigenvalue weighted by atomic mass is 9.87. The normalized spacial score (nSPS) is 10.7. The van der Waals surface area contributed by atoms with Gasteiger partial charge in [0.05, 0.1) is 0 Å². The summed E-state index contributed by atoms with van der Waals surface area (Å²) in [5.74, 6) is 0.00626. The molecule has 0 aliphatic rings. The molecule has 2 rings (SSSR count). The number of halogens is 1. The number of para-hydroxylation sites is 1. The zero-order valence-corrected chi connectivity index (χ0v) is 14.7. The summed E-state index contributed by atoms with van der Waals surface area (Å²) in [6.07, 6.45) is 1.08. The van der Waals surface area contributed by atoms with Crippen molar-refractivity contribution >= 4 is 29.7 Å². The SMILES string of the molecule is CC(C)(C)c1ccc(NC(=O)CCc2ccccc2N)cc1.Cl. The molecular formula is C19H25ClN2O. The molecule has 0 saturated heterocycles. The quantitative estimate of drug-likeness (QED) is 0.806. The maximum Gasteiger partial charge on any atom is 0.224 e. The summed E-state index contributed by atoms with van der Waals surface area (Å²) < 4.78 is 0. The number of carbonyl (C=O) groups is 1. The van der Waals surface area contributed by atoms with E-state index in [0.29, 0.717) is 12.8 Å². The van der Waals surface area contributed by atoms with E-state index < -0.39 is 0 Å². The molecule has 3 N–H and O–H groups in total. The van der Waals surface area contributed by atoms with Crippen LogP contribution in [0.4, 0.5) is 11.4 Å². The van der Waals surface area contributed by atoms with Crippen LogP contribution in [0.1, 0.15) is 38.3 Å². The van der Waals surface area contributed by atoms with Crippen molar-refractivity contribution in [2.45, 2.75) is 39.0 Å². The topological polar surface area (TPSA) is 55.1 Å². The van der Waals surface area contributed by atoms with Gasteiger partial charge in [0.2, 0.25) is 5.91 Å². The van der Waals surface area contributed by atoms with Gasteiger partial charge in [0.1, 0.15) is 0 Å². The number of hydrogen-bond donors (Lipinski definition) is 2. The number of nitrogens with two attached hydrogens (primary N) is 1. The number of anilines is 2. The molecule has 1 amide bonds. The van der Waals surface area contributed by atoms with Gasteiger partial charge in [0, 0.05) is 17.8 Å². The van der Waals surface area contributed by atoms with Crippen molar-refractivity contribution in [3.05, 3.63) is 59.7 Å². The Morgan fingerprint density at radius 3 is 2.22 bits per heavy atom. The van der Waals surface area contributed by atoms with Crippen molar-refractivity contribution in [1.29, 1.82) is 0 Å². The van der Waals surface area contributed by atoms with Crippen molar-refractivity contribution in [3.8, 4) is 0 Å². The van der Waals surface area contributed by atoms with Crippen LogP contribution in [0.25, 0.3) is 0 Å². The Labute approximate surface area is 144 Å². The Bertz CT molecular complexity index is 645. The van der Waals surface area contributed by atoms with Gasteiger partial charge in [0.15, 0.2) is 0 Å². The van der Waals surface area contributed by atoms with Crippen LogP contribution in [-0.4, -0.2) is 5.91 Å². The summed E-state index contributed by atoms with van der Waals surface area (Å²) in [4.78, 5) is 12.0. The minimum atomic E-state index is 0. The third kappa shape index (κ3) is 5.61. The van der Waals surface area contributed by atoms with Gasteiger partial charge in [-0.1, -0.05) is 51.1 Å². The molecule has 2 aromatic rings. The number of nitrogen functional groups attached to an aromatic ring is 1. The Hall–Kier alpha value is -2.00. The van der Waals surface area contributed by atoms with Gasteiger partial charge in [-0.2, -0.15) is 0 Å². The highest BCUT2D eigenvalue weighted by Gasteiger charge is 2.13. The molecule has 0 radical (unpaired) electrons. The fraction of sp³-hybridized carbons (Fsp3) is 0.316. The molecule has 0 aliphatic carbocycles. The van der Waals surface area contributed by atoms with E-state index in [1.165, 1.54) is 5.56 Å². The summed E-state index contributed by atoms with van der Waals surface area (Å²) in [6, 6.07) is 15.7. The van der Waals surface area contributed by atoms with Gasteiger partial charge < -0.3 is 11.1 Å². The molecule has 0 fully saturated rings. The van der Waals surface area contributed by atoms with Crippen molar-refractivity contribution in [2.24, 2.45) is 0 Å². The molecule has 2 aromatic carbocycles. The van der Waals surface area contributed by atoms with E-state index in [1.54, 1.807) is 0 Å². The molecule has 0 bridgehead atoms. The lowest BCUT2D eigenvalue weighted by Gasteiger charge is -2.19. The highest BCUT2D eigenvalue weighted by atomic mass is 35.5. The van der Waals surface area contributed by atoms with E-state index in [-0.39, 0.29) is 23.7 Å². The maximum atomic E-state index is 12.0. The summed E-state index contributed by atoms with van der Waals surface area (Å²) in [6.45, 7) is 6.51. The number of benzene rings is 2. The molecule has 4 heteroatoms. The predicted molar refractivity (Wildman–Crippen MR) is 100 cm³/mol. The molecule has 0 heterocycles. The standard InChI is InChI=1S/C19H24N2O.ClH/c1-19(2,3)15-9-11-16(12-10-15)21-18(22)13-8-14-6-4-5-7-17(14)20;/h4-7,9-12H,8,13,20H2,1-3H3,(H,21,22);1H. The second-order valence-corrected chi connectivity index (χ2v) is 6.57. The first kappa shape index (κ1) is 19.0. The van der Waals surface area contributed by atoms with E-state index in [4.69, 9.17) is 5.73 Å². The van der Waals surface area contributed by atoms with Gasteiger partial charge in [-0.25, -0.2) is 0 Å². The molecule has 3 nitrogen and oxygen atoms in total. The molecule has 0 atom stereocenters. The third-order valence-electron chi connectivity index (χ3n) is 3.71. The van der Waals surface area contributed by atoms with E-state index in [0.717, 1.165) is 16.9 Å². The summed E-state index contributed by atoms with van der Waals surface area (Å²) >= 11 is 0. The Morgan fingerprint density at radius 2 is 1.65 bits per heavy atom. The number of aryl methyl sites for hydroxylation is 1. The molecule has 124 valence electrons. The minimum absolute atomic E-state index is 0. The van der Waals surface area contributed by atoms with Crippen LogP contribution in [-0.2, 0) is 16.6 Å². The van der Waals surface area contributed by atoms with Crippen molar-refractivity contribution in [3.63, 3.8) is 0 Å². The summed E-state index contributed by atoms with van der Waals surface area (Å²) in [7, 11) is 0. The van der Waals surface area contributed by atoms with E-state index in [1.807, 2.05) is 36.4 Å². The number of nitrogens with one attached hydrogen (secondary N) is 1. The Morgan fingerprint density at radius 1 is 1.04 bits per heavy atom. The van der Waals surface area contributed by atoms with Crippen molar-refractivity contribution < 1.29 is 4.79 Å². The fourth-order valence-corrected chi connectivity index (χ4v) is 2.29. The van der Waals surface area contributed by atoms with Gasteiger partial charge >= 0.3 is 0 Å². The second-order valence-electron chi connectivity index (χ2n) is 6.57. The fourth-order valence-electron chi connectivity index (χ4n) is 2.29. The Kier molecular flexibility index (Phi) is 6.64. The van der Waals surface area contributed by atoms with Gasteiger partial charge in [-0.3, -0.25) is 4.79 Å². The zero-order chi connectivity index (χ0) is 16.2. The van der Waals surface area contributed by atoms with E-state index in [2.05, 4.69) is 38.2 Å². The van der Waals surface area contributed by atoms with Crippen LogP contribution in [0.15, 0.2) is 48.5 Å². The summed E-state index contributed by atoms with van der Waals surface area (Å²) in [5, 5.41) is 2.93. The number of carbonyl (C=O) groups excluding carboxylic acids is 1. The largest absolute Gasteiger partial charge is 0.399 e. The molecule has 0 spiro atoms. The summed E-state index contributed by atoms with van der Waals surface area (Å²) in [5.41, 5.74) is 9.84. The maximum absolute atomic E-state index is 12.0.